The summed E-state index contributed by atoms with van der Waals surface area (Å²) in [6, 6.07) is 8.38. The van der Waals surface area contributed by atoms with Crippen LogP contribution in [0.4, 0.5) is 0 Å². The van der Waals surface area contributed by atoms with Crippen LogP contribution in [0.2, 0.25) is 0 Å². The standard InChI is InChI=1S/C17H26N2O2/c1-13-12-18-11-10-16(13)19-17(20)5-3-4-14-6-8-15(21-2)9-7-14/h6-9,13,16,18H,3-5,10-12H2,1-2H3,(H,19,20). The van der Waals surface area contributed by atoms with Gasteiger partial charge in [-0.3, -0.25) is 4.79 Å². The van der Waals surface area contributed by atoms with Gasteiger partial charge in [0, 0.05) is 12.5 Å². The third kappa shape index (κ3) is 5.05. The number of carbonyl (C=O) groups is 1. The Kier molecular flexibility index (Phi) is 6.05. The van der Waals surface area contributed by atoms with Crippen LogP contribution in [0.15, 0.2) is 24.3 Å². The van der Waals surface area contributed by atoms with Crippen molar-refractivity contribution in [3.05, 3.63) is 29.8 Å². The van der Waals surface area contributed by atoms with Gasteiger partial charge in [0.1, 0.15) is 5.75 Å². The Morgan fingerprint density at radius 1 is 1.38 bits per heavy atom. The number of methoxy groups -OCH3 is 1. The Balaban J connectivity index is 1.68. The van der Waals surface area contributed by atoms with Crippen LogP contribution in [0.1, 0.15) is 31.7 Å². The Morgan fingerprint density at radius 2 is 2.14 bits per heavy atom. The van der Waals surface area contributed by atoms with E-state index in [1.807, 2.05) is 12.1 Å². The molecule has 1 aliphatic rings. The quantitative estimate of drug-likeness (QED) is 0.844. The summed E-state index contributed by atoms with van der Waals surface area (Å²) in [5.74, 6) is 1.57. The van der Waals surface area contributed by atoms with Gasteiger partial charge >= 0.3 is 0 Å². The lowest BCUT2D eigenvalue weighted by Gasteiger charge is -2.30. The summed E-state index contributed by atoms with van der Waals surface area (Å²) < 4.78 is 5.14. The molecular weight excluding hydrogens is 264 g/mol. The maximum Gasteiger partial charge on any atom is 0.220 e. The minimum absolute atomic E-state index is 0.183. The number of hydrogen-bond donors (Lipinski definition) is 2. The van der Waals surface area contributed by atoms with Gasteiger partial charge in [0.25, 0.3) is 0 Å². The van der Waals surface area contributed by atoms with Crippen molar-refractivity contribution in [1.82, 2.24) is 10.6 Å². The van der Waals surface area contributed by atoms with E-state index < -0.39 is 0 Å². The first kappa shape index (κ1) is 15.8. The molecule has 0 aliphatic carbocycles. The van der Waals surface area contributed by atoms with E-state index in [9.17, 15) is 4.79 Å². The molecule has 0 spiro atoms. The van der Waals surface area contributed by atoms with Crippen molar-refractivity contribution in [1.29, 1.82) is 0 Å². The molecule has 116 valence electrons. The van der Waals surface area contributed by atoms with E-state index in [-0.39, 0.29) is 5.91 Å². The Labute approximate surface area is 127 Å². The molecule has 0 bridgehead atoms. The number of carbonyl (C=O) groups excluding carboxylic acids is 1. The lowest BCUT2D eigenvalue weighted by atomic mass is 9.95. The van der Waals surface area contributed by atoms with Gasteiger partial charge < -0.3 is 15.4 Å². The molecule has 2 rings (SSSR count). The predicted octanol–water partition coefficient (Wildman–Crippen LogP) is 2.13. The minimum atomic E-state index is 0.183. The molecule has 0 saturated carbocycles. The molecule has 2 unspecified atom stereocenters. The average Bonchev–Trinajstić information content (AvgIpc) is 2.50. The molecular formula is C17H26N2O2. The van der Waals surface area contributed by atoms with Crippen molar-refractivity contribution < 1.29 is 9.53 Å². The number of hydrogen-bond acceptors (Lipinski definition) is 3. The van der Waals surface area contributed by atoms with Crippen molar-refractivity contribution in [2.24, 2.45) is 5.92 Å². The molecule has 4 heteroatoms. The maximum absolute atomic E-state index is 12.0. The second kappa shape index (κ2) is 8.03. The largest absolute Gasteiger partial charge is 0.497 e. The Hall–Kier alpha value is -1.55. The van der Waals surface area contributed by atoms with Crippen molar-refractivity contribution in [2.45, 2.75) is 38.6 Å². The molecule has 0 radical (unpaired) electrons. The van der Waals surface area contributed by atoms with Gasteiger partial charge in [-0.1, -0.05) is 19.1 Å². The predicted molar refractivity (Wildman–Crippen MR) is 84.5 cm³/mol. The zero-order chi connectivity index (χ0) is 15.1. The monoisotopic (exact) mass is 290 g/mol. The van der Waals surface area contributed by atoms with Crippen LogP contribution in [0.5, 0.6) is 5.75 Å². The molecule has 4 nitrogen and oxygen atoms in total. The van der Waals surface area contributed by atoms with Crippen LogP contribution in [-0.4, -0.2) is 32.1 Å². The van der Waals surface area contributed by atoms with Crippen LogP contribution in [0.3, 0.4) is 0 Å². The van der Waals surface area contributed by atoms with Crippen LogP contribution < -0.4 is 15.4 Å². The first-order valence-corrected chi connectivity index (χ1v) is 7.82. The van der Waals surface area contributed by atoms with Crippen molar-refractivity contribution in [3.8, 4) is 5.75 Å². The number of rotatable bonds is 6. The molecule has 1 aromatic rings. The fraction of sp³-hybridized carbons (Fsp3) is 0.588. The summed E-state index contributed by atoms with van der Waals surface area (Å²) in [5.41, 5.74) is 1.25. The van der Waals surface area contributed by atoms with E-state index in [1.165, 1.54) is 5.56 Å². The van der Waals surface area contributed by atoms with Gasteiger partial charge in [-0.25, -0.2) is 0 Å². The summed E-state index contributed by atoms with van der Waals surface area (Å²) in [6.45, 7) is 4.19. The molecule has 1 aliphatic heterocycles. The van der Waals surface area contributed by atoms with E-state index in [4.69, 9.17) is 4.74 Å². The number of nitrogens with one attached hydrogen (secondary N) is 2. The third-order valence-electron chi connectivity index (χ3n) is 4.16. The Bertz CT molecular complexity index is 445. The van der Waals surface area contributed by atoms with Gasteiger partial charge in [0.2, 0.25) is 5.91 Å². The normalized spacial score (nSPS) is 21.8. The highest BCUT2D eigenvalue weighted by Gasteiger charge is 2.22. The number of piperidine rings is 1. The van der Waals surface area contributed by atoms with Gasteiger partial charge in [-0.2, -0.15) is 0 Å². The van der Waals surface area contributed by atoms with Crippen molar-refractivity contribution in [2.75, 3.05) is 20.2 Å². The molecule has 0 aromatic heterocycles. The summed E-state index contributed by atoms with van der Waals surface area (Å²) >= 11 is 0. The van der Waals surface area contributed by atoms with Gasteiger partial charge in [-0.05, 0) is 56.0 Å². The topological polar surface area (TPSA) is 50.4 Å². The molecule has 1 fully saturated rings. The second-order valence-electron chi connectivity index (χ2n) is 5.85. The number of aryl methyl sites for hydroxylation is 1. The smallest absolute Gasteiger partial charge is 0.220 e. The highest BCUT2D eigenvalue weighted by molar-refractivity contribution is 5.76. The van der Waals surface area contributed by atoms with Crippen molar-refractivity contribution >= 4 is 5.91 Å². The van der Waals surface area contributed by atoms with Crippen molar-refractivity contribution in [3.63, 3.8) is 0 Å². The number of amides is 1. The van der Waals surface area contributed by atoms with Gasteiger partial charge in [-0.15, -0.1) is 0 Å². The number of ether oxygens (including phenoxy) is 1. The van der Waals surface area contributed by atoms with E-state index in [2.05, 4.69) is 29.7 Å². The van der Waals surface area contributed by atoms with E-state index in [0.717, 1.165) is 38.1 Å². The highest BCUT2D eigenvalue weighted by Crippen LogP contribution is 2.14. The molecule has 21 heavy (non-hydrogen) atoms. The first-order chi connectivity index (χ1) is 10.2. The minimum Gasteiger partial charge on any atom is -0.497 e. The number of benzene rings is 1. The summed E-state index contributed by atoms with van der Waals surface area (Å²) in [4.78, 5) is 12.0. The van der Waals surface area contributed by atoms with Crippen LogP contribution in [0, 0.1) is 5.92 Å². The summed E-state index contributed by atoms with van der Waals surface area (Å²) in [5, 5.41) is 6.52. The molecule has 1 amide bonds. The second-order valence-corrected chi connectivity index (χ2v) is 5.85. The van der Waals surface area contributed by atoms with Crippen LogP contribution >= 0.6 is 0 Å². The molecule has 1 heterocycles. The lowest BCUT2D eigenvalue weighted by Crippen LogP contribution is -2.48. The summed E-state index contributed by atoms with van der Waals surface area (Å²) in [7, 11) is 1.67. The molecule has 1 saturated heterocycles. The van der Waals surface area contributed by atoms with Crippen LogP contribution in [-0.2, 0) is 11.2 Å². The SMILES string of the molecule is COc1ccc(CCCC(=O)NC2CCNCC2C)cc1. The molecule has 2 N–H and O–H groups in total. The van der Waals surface area contributed by atoms with Gasteiger partial charge in [0.15, 0.2) is 0 Å². The van der Waals surface area contributed by atoms with Crippen LogP contribution in [0.25, 0.3) is 0 Å². The highest BCUT2D eigenvalue weighted by atomic mass is 16.5. The fourth-order valence-electron chi connectivity index (χ4n) is 2.75. The zero-order valence-corrected chi connectivity index (χ0v) is 13.0. The Morgan fingerprint density at radius 3 is 2.81 bits per heavy atom. The molecule has 1 aromatic carbocycles. The van der Waals surface area contributed by atoms with E-state index in [1.54, 1.807) is 7.11 Å². The maximum atomic E-state index is 12.0. The summed E-state index contributed by atoms with van der Waals surface area (Å²) in [6.07, 6.45) is 3.45. The van der Waals surface area contributed by atoms with E-state index in [0.29, 0.717) is 18.4 Å². The first-order valence-electron chi connectivity index (χ1n) is 7.82. The fourth-order valence-corrected chi connectivity index (χ4v) is 2.75. The third-order valence-corrected chi connectivity index (χ3v) is 4.16. The zero-order valence-electron chi connectivity index (χ0n) is 13.0. The van der Waals surface area contributed by atoms with E-state index >= 15 is 0 Å². The average molecular weight is 290 g/mol. The lowest BCUT2D eigenvalue weighted by molar-refractivity contribution is -0.122. The van der Waals surface area contributed by atoms with Gasteiger partial charge in [0.05, 0.1) is 7.11 Å². The molecule has 2 atom stereocenters.